The van der Waals surface area contributed by atoms with Gasteiger partial charge in [-0.2, -0.15) is 5.10 Å². The molecule has 3 rings (SSSR count). The summed E-state index contributed by atoms with van der Waals surface area (Å²) < 4.78 is 17.4. The molecule has 2 nitrogen and oxygen atoms in total. The van der Waals surface area contributed by atoms with E-state index in [1.54, 1.807) is 23.4 Å². The Kier molecular flexibility index (Phi) is 6.77. The molecule has 0 saturated carbocycles. The van der Waals surface area contributed by atoms with Gasteiger partial charge in [-0.1, -0.05) is 56.2 Å². The highest BCUT2D eigenvalue weighted by Gasteiger charge is 2.27. The molecule has 3 heteroatoms. The largest absolute Gasteiger partial charge is 0.241 e. The fraction of sp³-hybridized carbons (Fsp3) is 0.500. The van der Waals surface area contributed by atoms with Gasteiger partial charge in [-0.3, -0.25) is 0 Å². The fourth-order valence-electron chi connectivity index (χ4n) is 4.22. The zero-order valence-corrected chi connectivity index (χ0v) is 18.4. The number of benzene rings is 1. The Labute approximate surface area is 175 Å². The molecule has 0 fully saturated rings. The van der Waals surface area contributed by atoms with E-state index in [0.717, 1.165) is 49.8 Å². The predicted molar refractivity (Wildman–Crippen MR) is 120 cm³/mol. The lowest BCUT2D eigenvalue weighted by molar-refractivity contribution is 0.190. The summed E-state index contributed by atoms with van der Waals surface area (Å²) in [6.45, 7) is 8.61. The van der Waals surface area contributed by atoms with E-state index in [1.165, 1.54) is 5.57 Å². The Morgan fingerprint density at radius 3 is 2.28 bits per heavy atom. The first-order valence-electron chi connectivity index (χ1n) is 10.9. The minimum atomic E-state index is -1.36. The van der Waals surface area contributed by atoms with Crippen molar-refractivity contribution < 1.29 is 4.39 Å². The third kappa shape index (κ3) is 6.42. The SMILES string of the molecule is CC(C)(C)C/C1=C/CCC/C(CC(C)(F)c2ccc(-n3cccn3)cc2)=C\CC1. The van der Waals surface area contributed by atoms with Gasteiger partial charge in [0.1, 0.15) is 5.67 Å². The molecular formula is C26H35FN2. The quantitative estimate of drug-likeness (QED) is 0.475. The number of halogens is 1. The van der Waals surface area contributed by atoms with E-state index < -0.39 is 5.67 Å². The molecule has 0 bridgehead atoms. The van der Waals surface area contributed by atoms with Gasteiger partial charge < -0.3 is 0 Å². The fourth-order valence-corrected chi connectivity index (χ4v) is 4.22. The molecule has 1 unspecified atom stereocenters. The van der Waals surface area contributed by atoms with Crippen molar-refractivity contribution in [2.75, 3.05) is 0 Å². The van der Waals surface area contributed by atoms with Gasteiger partial charge in [0, 0.05) is 18.8 Å². The van der Waals surface area contributed by atoms with Crippen molar-refractivity contribution in [3.8, 4) is 5.69 Å². The molecule has 0 spiro atoms. The first kappa shape index (κ1) is 21.5. The number of alkyl halides is 1. The van der Waals surface area contributed by atoms with Gasteiger partial charge in [-0.25, -0.2) is 9.07 Å². The number of rotatable bonds is 5. The van der Waals surface area contributed by atoms with E-state index in [9.17, 15) is 0 Å². The molecule has 0 N–H and O–H groups in total. The zero-order chi connectivity index (χ0) is 20.9. The van der Waals surface area contributed by atoms with Gasteiger partial charge in [0.25, 0.3) is 0 Å². The second-order valence-electron chi connectivity index (χ2n) is 9.76. The van der Waals surface area contributed by atoms with Crippen molar-refractivity contribution in [2.45, 2.75) is 78.3 Å². The van der Waals surface area contributed by atoms with Gasteiger partial charge in [0.05, 0.1) is 5.69 Å². The highest BCUT2D eigenvalue weighted by atomic mass is 19.1. The average molecular weight is 395 g/mol. The molecule has 0 radical (unpaired) electrons. The molecule has 1 aliphatic carbocycles. The highest BCUT2D eigenvalue weighted by molar-refractivity contribution is 5.36. The van der Waals surface area contributed by atoms with Crippen LogP contribution in [0.4, 0.5) is 4.39 Å². The Morgan fingerprint density at radius 2 is 1.62 bits per heavy atom. The van der Waals surface area contributed by atoms with E-state index >= 15 is 4.39 Å². The minimum absolute atomic E-state index is 0.326. The van der Waals surface area contributed by atoms with Crippen molar-refractivity contribution in [2.24, 2.45) is 5.41 Å². The summed E-state index contributed by atoms with van der Waals surface area (Å²) in [7, 11) is 0. The Morgan fingerprint density at radius 1 is 0.931 bits per heavy atom. The summed E-state index contributed by atoms with van der Waals surface area (Å²) >= 11 is 0. The number of nitrogens with zero attached hydrogens (tertiary/aromatic N) is 2. The second kappa shape index (κ2) is 9.11. The van der Waals surface area contributed by atoms with Crippen LogP contribution in [0.15, 0.2) is 66.0 Å². The molecule has 1 aromatic carbocycles. The lowest BCUT2D eigenvalue weighted by Crippen LogP contribution is -2.16. The number of allylic oxidation sites excluding steroid dienone is 4. The third-order valence-electron chi connectivity index (χ3n) is 5.59. The molecule has 1 heterocycles. The van der Waals surface area contributed by atoms with E-state index in [-0.39, 0.29) is 0 Å². The summed E-state index contributed by atoms with van der Waals surface area (Å²) in [5.74, 6) is 0. The average Bonchev–Trinajstić information content (AvgIpc) is 3.19. The summed E-state index contributed by atoms with van der Waals surface area (Å²) in [5, 5.41) is 4.24. The normalized spacial score (nSPS) is 21.7. The Bertz CT molecular complexity index is 834. The molecule has 1 atom stereocenters. The second-order valence-corrected chi connectivity index (χ2v) is 9.76. The lowest BCUT2D eigenvalue weighted by Gasteiger charge is -2.23. The standard InChI is InChI=1S/C26H35FN2/c1-25(2,3)19-21-9-5-6-10-22(12-7-11-21)20-26(4,27)23-13-15-24(16-14-23)29-18-8-17-28-29/h8-9,12-18H,5-7,10-11,19-20H2,1-4H3/b21-9+,22-12+. The van der Waals surface area contributed by atoms with Gasteiger partial charge in [-0.05, 0) is 74.6 Å². The molecule has 1 aromatic heterocycles. The minimum Gasteiger partial charge on any atom is -0.241 e. The zero-order valence-electron chi connectivity index (χ0n) is 18.4. The van der Waals surface area contributed by atoms with Crippen LogP contribution < -0.4 is 0 Å². The van der Waals surface area contributed by atoms with Crippen molar-refractivity contribution >= 4 is 0 Å². The van der Waals surface area contributed by atoms with Crippen molar-refractivity contribution in [1.82, 2.24) is 9.78 Å². The van der Waals surface area contributed by atoms with E-state index in [2.05, 4.69) is 38.0 Å². The van der Waals surface area contributed by atoms with Crippen LogP contribution in [0.1, 0.15) is 78.2 Å². The van der Waals surface area contributed by atoms with E-state index in [4.69, 9.17) is 0 Å². The molecule has 0 amide bonds. The van der Waals surface area contributed by atoms with Crippen LogP contribution in [0.2, 0.25) is 0 Å². The van der Waals surface area contributed by atoms with Crippen LogP contribution in [-0.2, 0) is 5.67 Å². The molecule has 1 aliphatic rings. The first-order chi connectivity index (χ1) is 13.7. The predicted octanol–water partition coefficient (Wildman–Crippen LogP) is 7.70. The van der Waals surface area contributed by atoms with Gasteiger partial charge in [0.15, 0.2) is 0 Å². The Balaban J connectivity index is 1.65. The van der Waals surface area contributed by atoms with E-state index in [0.29, 0.717) is 11.8 Å². The first-order valence-corrected chi connectivity index (χ1v) is 10.9. The summed E-state index contributed by atoms with van der Waals surface area (Å²) in [4.78, 5) is 0. The maximum atomic E-state index is 15.6. The van der Waals surface area contributed by atoms with Crippen molar-refractivity contribution in [3.63, 3.8) is 0 Å². The smallest absolute Gasteiger partial charge is 0.136 e. The summed E-state index contributed by atoms with van der Waals surface area (Å²) in [6.07, 6.45) is 15.3. The molecule has 0 saturated heterocycles. The molecular weight excluding hydrogens is 359 g/mol. The highest BCUT2D eigenvalue weighted by Crippen LogP contribution is 2.36. The van der Waals surface area contributed by atoms with Gasteiger partial charge >= 0.3 is 0 Å². The van der Waals surface area contributed by atoms with Crippen LogP contribution in [0, 0.1) is 5.41 Å². The topological polar surface area (TPSA) is 17.8 Å². The number of hydrogen-bond acceptors (Lipinski definition) is 1. The van der Waals surface area contributed by atoms with Crippen LogP contribution in [0.3, 0.4) is 0 Å². The summed E-state index contributed by atoms with van der Waals surface area (Å²) in [6, 6.07) is 9.57. The maximum Gasteiger partial charge on any atom is 0.136 e. The van der Waals surface area contributed by atoms with Gasteiger partial charge in [0.2, 0.25) is 0 Å². The van der Waals surface area contributed by atoms with Crippen LogP contribution >= 0.6 is 0 Å². The lowest BCUT2D eigenvalue weighted by atomic mass is 9.86. The maximum absolute atomic E-state index is 15.6. The summed E-state index contributed by atoms with van der Waals surface area (Å²) in [5.41, 5.74) is 3.48. The number of hydrogen-bond donors (Lipinski definition) is 0. The molecule has 2 aromatic rings. The van der Waals surface area contributed by atoms with E-state index in [1.807, 2.05) is 36.5 Å². The Hall–Kier alpha value is -2.16. The van der Waals surface area contributed by atoms with Gasteiger partial charge in [-0.15, -0.1) is 0 Å². The molecule has 29 heavy (non-hydrogen) atoms. The van der Waals surface area contributed by atoms with Crippen molar-refractivity contribution in [1.29, 1.82) is 0 Å². The van der Waals surface area contributed by atoms with Crippen molar-refractivity contribution in [3.05, 3.63) is 71.6 Å². The number of aromatic nitrogens is 2. The molecule has 156 valence electrons. The monoisotopic (exact) mass is 394 g/mol. The van der Waals surface area contributed by atoms with Crippen LogP contribution in [0.5, 0.6) is 0 Å². The van der Waals surface area contributed by atoms with Crippen LogP contribution in [0.25, 0.3) is 5.69 Å². The van der Waals surface area contributed by atoms with Crippen LogP contribution in [-0.4, -0.2) is 9.78 Å². The molecule has 0 aliphatic heterocycles. The third-order valence-corrected chi connectivity index (χ3v) is 5.59.